The summed E-state index contributed by atoms with van der Waals surface area (Å²) >= 11 is 0. The molecule has 1 unspecified atom stereocenters. The average Bonchev–Trinajstić information content (AvgIpc) is 1.99. The molecule has 0 saturated heterocycles. The maximum absolute atomic E-state index is 13.2. The Balaban J connectivity index is 3.21. The van der Waals surface area contributed by atoms with E-state index in [1.54, 1.807) is 13.8 Å². The van der Waals surface area contributed by atoms with Crippen molar-refractivity contribution in [3.8, 4) is 0 Å². The Hall–Kier alpha value is -0.850. The molecule has 65 valence electrons. The zero-order valence-corrected chi connectivity index (χ0v) is 7.82. The van der Waals surface area contributed by atoms with Crippen molar-refractivity contribution in [2.24, 2.45) is 0 Å². The molecule has 0 nitrogen and oxygen atoms in total. The molecule has 12 heavy (non-hydrogen) atoms. The second-order valence-corrected chi connectivity index (χ2v) is 3.37. The summed E-state index contributed by atoms with van der Waals surface area (Å²) in [5.74, 6) is 0.127. The molecule has 0 aliphatic rings. The molecule has 1 atom stereocenters. The molecule has 0 N–H and O–H groups in total. The molecule has 0 spiro atoms. The first-order valence-electron chi connectivity index (χ1n) is 4.12. The summed E-state index contributed by atoms with van der Waals surface area (Å²) in [6.45, 7) is 9.48. The second-order valence-electron chi connectivity index (χ2n) is 3.37. The van der Waals surface area contributed by atoms with Crippen LogP contribution < -0.4 is 0 Å². The fourth-order valence-electron chi connectivity index (χ4n) is 1.26. The fraction of sp³-hybridized carbons (Fsp3) is 0.364. The molecule has 0 aliphatic heterocycles. The van der Waals surface area contributed by atoms with Gasteiger partial charge in [-0.3, -0.25) is 0 Å². The van der Waals surface area contributed by atoms with Crippen LogP contribution in [-0.2, 0) is 0 Å². The molecule has 0 amide bonds. The van der Waals surface area contributed by atoms with Crippen molar-refractivity contribution in [3.05, 3.63) is 41.6 Å². The summed E-state index contributed by atoms with van der Waals surface area (Å²) in [7, 11) is 0. The van der Waals surface area contributed by atoms with Crippen molar-refractivity contribution >= 4 is 0 Å². The Morgan fingerprint density at radius 1 is 1.25 bits per heavy atom. The van der Waals surface area contributed by atoms with E-state index in [0.717, 1.165) is 5.56 Å². The van der Waals surface area contributed by atoms with E-state index in [9.17, 15) is 4.39 Å². The topological polar surface area (TPSA) is 0 Å². The quantitative estimate of drug-likeness (QED) is 0.598. The predicted octanol–water partition coefficient (Wildman–Crippen LogP) is 3.38. The minimum Gasteiger partial charge on any atom is -0.206 e. The first-order chi connectivity index (χ1) is 5.52. The van der Waals surface area contributed by atoms with E-state index in [-0.39, 0.29) is 11.7 Å². The number of aryl methyl sites for hydroxylation is 2. The van der Waals surface area contributed by atoms with E-state index < -0.39 is 0 Å². The van der Waals surface area contributed by atoms with Gasteiger partial charge in [0.2, 0.25) is 0 Å². The molecule has 1 aromatic rings. The van der Waals surface area contributed by atoms with Gasteiger partial charge in [-0.25, -0.2) is 4.39 Å². The number of halogens is 1. The van der Waals surface area contributed by atoms with Crippen LogP contribution >= 0.6 is 0 Å². The monoisotopic (exact) mass is 165 g/mol. The van der Waals surface area contributed by atoms with Crippen LogP contribution in [0.2, 0.25) is 0 Å². The second kappa shape index (κ2) is 3.26. The minimum absolute atomic E-state index is 0.0978. The smallest absolute Gasteiger partial charge is 0.129 e. The van der Waals surface area contributed by atoms with E-state index in [1.165, 1.54) is 0 Å². The maximum atomic E-state index is 13.2. The highest BCUT2D eigenvalue weighted by molar-refractivity contribution is 5.32. The van der Waals surface area contributed by atoms with Gasteiger partial charge in [-0.1, -0.05) is 19.1 Å². The third-order valence-electron chi connectivity index (χ3n) is 2.03. The van der Waals surface area contributed by atoms with Gasteiger partial charge in [-0.2, -0.15) is 0 Å². The summed E-state index contributed by atoms with van der Waals surface area (Å²) in [5, 5.41) is 0. The molecule has 0 bridgehead atoms. The summed E-state index contributed by atoms with van der Waals surface area (Å²) in [6.07, 6.45) is 0. The van der Waals surface area contributed by atoms with E-state index in [1.807, 2.05) is 19.1 Å². The molecule has 1 radical (unpaired) electrons. The molecule has 1 heteroatoms. The largest absolute Gasteiger partial charge is 0.206 e. The summed E-state index contributed by atoms with van der Waals surface area (Å²) < 4.78 is 13.2. The van der Waals surface area contributed by atoms with Crippen LogP contribution in [-0.4, -0.2) is 0 Å². The molecule has 0 aliphatic carbocycles. The van der Waals surface area contributed by atoms with E-state index in [0.29, 0.717) is 11.1 Å². The number of hydrogen-bond donors (Lipinski definition) is 0. The zero-order valence-electron chi connectivity index (χ0n) is 7.82. The Labute approximate surface area is 73.4 Å². The van der Waals surface area contributed by atoms with E-state index in [4.69, 9.17) is 0 Å². The number of benzene rings is 1. The SMILES string of the molecule is [CH2]C(C)c1cc(C)c(F)c(C)c1. The summed E-state index contributed by atoms with van der Waals surface area (Å²) in [4.78, 5) is 0. The van der Waals surface area contributed by atoms with Crippen LogP contribution in [0, 0.1) is 26.6 Å². The Morgan fingerprint density at radius 3 is 2.00 bits per heavy atom. The predicted molar refractivity (Wildman–Crippen MR) is 49.6 cm³/mol. The van der Waals surface area contributed by atoms with Crippen LogP contribution in [0.3, 0.4) is 0 Å². The van der Waals surface area contributed by atoms with Crippen molar-refractivity contribution in [1.29, 1.82) is 0 Å². The lowest BCUT2D eigenvalue weighted by molar-refractivity contribution is 0.608. The molecule has 0 saturated carbocycles. The third kappa shape index (κ3) is 1.66. The first kappa shape index (κ1) is 9.24. The highest BCUT2D eigenvalue weighted by Gasteiger charge is 2.05. The zero-order chi connectivity index (χ0) is 9.30. The average molecular weight is 165 g/mol. The third-order valence-corrected chi connectivity index (χ3v) is 2.03. The summed E-state index contributed by atoms with van der Waals surface area (Å²) in [6, 6.07) is 3.72. The van der Waals surface area contributed by atoms with Crippen LogP contribution in [0.4, 0.5) is 4.39 Å². The number of hydrogen-bond acceptors (Lipinski definition) is 0. The van der Waals surface area contributed by atoms with Gasteiger partial charge in [0.25, 0.3) is 0 Å². The van der Waals surface area contributed by atoms with Gasteiger partial charge in [0.05, 0.1) is 0 Å². The first-order valence-corrected chi connectivity index (χ1v) is 4.12. The highest BCUT2D eigenvalue weighted by Crippen LogP contribution is 2.20. The standard InChI is InChI=1S/C11H14F/c1-7(2)10-5-8(3)11(12)9(4)6-10/h5-7H,1H2,2-4H3. The van der Waals surface area contributed by atoms with Gasteiger partial charge in [0.1, 0.15) is 5.82 Å². The number of rotatable bonds is 1. The molecule has 1 aromatic carbocycles. The Morgan fingerprint density at radius 2 is 1.67 bits per heavy atom. The van der Waals surface area contributed by atoms with Crippen molar-refractivity contribution in [3.63, 3.8) is 0 Å². The van der Waals surface area contributed by atoms with Crippen LogP contribution in [0.1, 0.15) is 29.5 Å². The minimum atomic E-state index is -0.0978. The van der Waals surface area contributed by atoms with Gasteiger partial charge in [-0.15, -0.1) is 0 Å². The molecular weight excluding hydrogens is 151 g/mol. The Bertz CT molecular complexity index is 264. The van der Waals surface area contributed by atoms with E-state index in [2.05, 4.69) is 6.92 Å². The lowest BCUT2D eigenvalue weighted by Crippen LogP contribution is -1.94. The van der Waals surface area contributed by atoms with E-state index >= 15 is 0 Å². The van der Waals surface area contributed by atoms with Gasteiger partial charge in [-0.05, 0) is 43.4 Å². The molecule has 0 heterocycles. The fourth-order valence-corrected chi connectivity index (χ4v) is 1.26. The van der Waals surface area contributed by atoms with Crippen LogP contribution in [0.15, 0.2) is 12.1 Å². The lowest BCUT2D eigenvalue weighted by atomic mass is 9.98. The van der Waals surface area contributed by atoms with Gasteiger partial charge < -0.3 is 0 Å². The molecule has 0 fully saturated rings. The van der Waals surface area contributed by atoms with Crippen LogP contribution in [0.25, 0.3) is 0 Å². The maximum Gasteiger partial charge on any atom is 0.129 e. The van der Waals surface area contributed by atoms with Crippen molar-refractivity contribution in [2.45, 2.75) is 26.7 Å². The summed E-state index contributed by atoms with van der Waals surface area (Å²) in [5.41, 5.74) is 2.52. The van der Waals surface area contributed by atoms with Crippen molar-refractivity contribution in [2.75, 3.05) is 0 Å². The van der Waals surface area contributed by atoms with Gasteiger partial charge >= 0.3 is 0 Å². The van der Waals surface area contributed by atoms with Gasteiger partial charge in [0, 0.05) is 0 Å². The van der Waals surface area contributed by atoms with Crippen molar-refractivity contribution in [1.82, 2.24) is 0 Å². The highest BCUT2D eigenvalue weighted by atomic mass is 19.1. The van der Waals surface area contributed by atoms with Crippen LogP contribution in [0.5, 0.6) is 0 Å². The lowest BCUT2D eigenvalue weighted by Gasteiger charge is -2.09. The Kier molecular flexibility index (Phi) is 2.51. The van der Waals surface area contributed by atoms with Crippen molar-refractivity contribution < 1.29 is 4.39 Å². The molecule has 0 aromatic heterocycles. The molecule has 1 rings (SSSR count). The van der Waals surface area contributed by atoms with Gasteiger partial charge in [0.15, 0.2) is 0 Å². The normalized spacial score (nSPS) is 10.8. The molecular formula is C11H14F.